The number of rotatable bonds is 7. The van der Waals surface area contributed by atoms with Crippen molar-refractivity contribution in [2.75, 3.05) is 11.3 Å². The van der Waals surface area contributed by atoms with Gasteiger partial charge < -0.3 is 10.1 Å². The molecule has 0 saturated heterocycles. The molecule has 1 fully saturated rings. The molecule has 39 heavy (non-hydrogen) atoms. The van der Waals surface area contributed by atoms with Crippen molar-refractivity contribution in [2.45, 2.75) is 41.3 Å². The van der Waals surface area contributed by atoms with E-state index < -0.39 is 10.0 Å². The van der Waals surface area contributed by atoms with Gasteiger partial charge in [0.25, 0.3) is 10.0 Å². The smallest absolute Gasteiger partial charge is 0.271 e. The van der Waals surface area contributed by atoms with Gasteiger partial charge in [0.1, 0.15) is 9.96 Å². The highest BCUT2D eigenvalue weighted by molar-refractivity contribution is 7.94. The summed E-state index contributed by atoms with van der Waals surface area (Å²) in [4.78, 5) is 4.33. The number of pyridine rings is 1. The number of benzene rings is 2. The van der Waals surface area contributed by atoms with Gasteiger partial charge in [-0.2, -0.15) is 0 Å². The summed E-state index contributed by atoms with van der Waals surface area (Å²) < 4.78 is 33.8. The average Bonchev–Trinajstić information content (AvgIpc) is 3.42. The first-order valence-corrected chi connectivity index (χ1v) is 15.0. The summed E-state index contributed by atoms with van der Waals surface area (Å²) in [5, 5.41) is 6.27. The lowest BCUT2D eigenvalue weighted by Gasteiger charge is -2.50. The maximum Gasteiger partial charge on any atom is 0.271 e. The number of aromatic nitrogens is 1. The van der Waals surface area contributed by atoms with Gasteiger partial charge >= 0.3 is 0 Å². The molecule has 2 aliphatic rings. The quantitative estimate of drug-likeness (QED) is 0.222. The zero-order chi connectivity index (χ0) is 25.5. The van der Waals surface area contributed by atoms with E-state index in [0.29, 0.717) is 17.3 Å². The molecule has 0 spiro atoms. The fraction of sp³-hybridized carbons (Fsp3) is 0.250. The van der Waals surface area contributed by atoms with Crippen LogP contribution in [0.15, 0.2) is 82.5 Å². The van der Waals surface area contributed by atoms with Crippen molar-refractivity contribution in [3.05, 3.63) is 100 Å². The Kier molecular flexibility index (Phi) is 9.15. The summed E-state index contributed by atoms with van der Waals surface area (Å²) in [5.41, 5.74) is 4.34. The van der Waals surface area contributed by atoms with Crippen molar-refractivity contribution in [3.63, 3.8) is 0 Å². The first-order valence-electron chi connectivity index (χ1n) is 12.3. The Morgan fingerprint density at radius 3 is 2.49 bits per heavy atom. The Hall–Kier alpha value is -2.33. The van der Waals surface area contributed by atoms with Crippen LogP contribution < -0.4 is 14.8 Å². The normalized spacial score (nSPS) is 17.5. The molecule has 1 aliphatic heterocycles. The number of thiophene rings is 1. The molecule has 1 atom stereocenters. The zero-order valence-electron chi connectivity index (χ0n) is 20.8. The predicted octanol–water partition coefficient (Wildman–Crippen LogP) is 7.54. The largest absolute Gasteiger partial charge is 0.439 e. The summed E-state index contributed by atoms with van der Waals surface area (Å²) in [6, 6.07) is 21.3. The van der Waals surface area contributed by atoms with Crippen LogP contribution in [0.3, 0.4) is 0 Å². The van der Waals surface area contributed by atoms with E-state index >= 15 is 0 Å². The van der Waals surface area contributed by atoms with E-state index in [-0.39, 0.29) is 40.5 Å². The molecule has 0 amide bonds. The minimum atomic E-state index is -3.62. The lowest BCUT2D eigenvalue weighted by atomic mass is 9.58. The molecule has 2 aromatic heterocycles. The number of nitrogens with zero attached hydrogens (tertiary/aromatic N) is 1. The van der Waals surface area contributed by atoms with Gasteiger partial charge in [-0.25, -0.2) is 13.4 Å². The van der Waals surface area contributed by atoms with Gasteiger partial charge in [-0.1, -0.05) is 42.3 Å². The lowest BCUT2D eigenvalue weighted by molar-refractivity contribution is 0.164. The van der Waals surface area contributed by atoms with Gasteiger partial charge in [0.15, 0.2) is 0 Å². The van der Waals surface area contributed by atoms with Crippen LogP contribution in [0.25, 0.3) is 0 Å². The van der Waals surface area contributed by atoms with Crippen LogP contribution in [-0.2, 0) is 21.9 Å². The second-order valence-electron chi connectivity index (χ2n) is 9.54. The van der Waals surface area contributed by atoms with E-state index in [1.54, 1.807) is 29.6 Å². The highest BCUT2D eigenvalue weighted by Gasteiger charge is 2.47. The number of sulfonamides is 1. The van der Waals surface area contributed by atoms with E-state index in [0.717, 1.165) is 30.8 Å². The van der Waals surface area contributed by atoms with Gasteiger partial charge in [0.2, 0.25) is 5.88 Å². The van der Waals surface area contributed by atoms with Crippen molar-refractivity contribution >= 4 is 63.5 Å². The summed E-state index contributed by atoms with van der Waals surface area (Å²) in [6.45, 7) is 0.942. The molecule has 11 heteroatoms. The van der Waals surface area contributed by atoms with Crippen LogP contribution in [0.1, 0.15) is 42.0 Å². The second kappa shape index (κ2) is 12.0. The third kappa shape index (κ3) is 5.92. The molecular weight excluding hydrogens is 597 g/mol. The van der Waals surface area contributed by atoms with Crippen LogP contribution in [0.2, 0.25) is 5.02 Å². The van der Waals surface area contributed by atoms with Crippen LogP contribution in [0, 0.1) is 0 Å². The van der Waals surface area contributed by atoms with Gasteiger partial charge in [-0.3, -0.25) is 4.72 Å². The summed E-state index contributed by atoms with van der Waals surface area (Å²) in [5.74, 6) is 1.10. The third-order valence-electron chi connectivity index (χ3n) is 7.36. The summed E-state index contributed by atoms with van der Waals surface area (Å²) >= 11 is 7.35. The van der Waals surface area contributed by atoms with Crippen molar-refractivity contribution in [3.8, 4) is 11.6 Å². The number of ether oxygens (including phenoxy) is 1. The number of anilines is 1. The Bertz CT molecular complexity index is 1510. The number of hydrogen-bond donors (Lipinski definition) is 2. The van der Waals surface area contributed by atoms with Crippen molar-refractivity contribution in [2.24, 2.45) is 0 Å². The minimum absolute atomic E-state index is 0. The number of fused-ring (bicyclic) bond motifs is 1. The molecule has 6 rings (SSSR count). The maximum atomic E-state index is 12.5. The van der Waals surface area contributed by atoms with Crippen molar-refractivity contribution in [1.29, 1.82) is 0 Å². The molecular formula is C28H28Cl3N3O3S2. The SMILES string of the molecule is Cl.Cl.O=S(=O)(Nc1ccc(Oc2ccc3c(c2)C(C2(c4ccc(Cl)cc4)CCC2)NCC3)nc1)c1cccs1. The Morgan fingerprint density at radius 2 is 1.85 bits per heavy atom. The van der Waals surface area contributed by atoms with Crippen molar-refractivity contribution < 1.29 is 13.2 Å². The molecule has 1 saturated carbocycles. The van der Waals surface area contributed by atoms with Crippen LogP contribution >= 0.6 is 47.8 Å². The molecule has 0 bridgehead atoms. The Balaban J connectivity index is 0.00000176. The maximum absolute atomic E-state index is 12.5. The van der Waals surface area contributed by atoms with E-state index in [9.17, 15) is 8.42 Å². The fourth-order valence-electron chi connectivity index (χ4n) is 5.41. The number of nitrogens with one attached hydrogen (secondary N) is 2. The molecule has 206 valence electrons. The molecule has 1 unspecified atom stereocenters. The fourth-order valence-corrected chi connectivity index (χ4v) is 7.58. The monoisotopic (exact) mass is 623 g/mol. The van der Waals surface area contributed by atoms with E-state index in [1.807, 2.05) is 18.2 Å². The Morgan fingerprint density at radius 1 is 1.05 bits per heavy atom. The zero-order valence-corrected chi connectivity index (χ0v) is 24.8. The van der Waals surface area contributed by atoms with Crippen LogP contribution in [0.4, 0.5) is 5.69 Å². The lowest BCUT2D eigenvalue weighted by Crippen LogP contribution is -2.49. The molecule has 3 heterocycles. The summed E-state index contributed by atoms with van der Waals surface area (Å²) in [7, 11) is -3.62. The first kappa shape index (κ1) is 29.6. The summed E-state index contributed by atoms with van der Waals surface area (Å²) in [6.07, 6.45) is 5.90. The van der Waals surface area contributed by atoms with Gasteiger partial charge in [0, 0.05) is 22.5 Å². The average molecular weight is 625 g/mol. The van der Waals surface area contributed by atoms with E-state index in [1.165, 1.54) is 40.6 Å². The number of hydrogen-bond acceptors (Lipinski definition) is 6. The minimum Gasteiger partial charge on any atom is -0.439 e. The first-order chi connectivity index (χ1) is 17.9. The molecule has 6 nitrogen and oxygen atoms in total. The molecule has 4 aromatic rings. The molecule has 2 N–H and O–H groups in total. The highest BCUT2D eigenvalue weighted by atomic mass is 35.5. The topological polar surface area (TPSA) is 80.3 Å². The van der Waals surface area contributed by atoms with Crippen molar-refractivity contribution in [1.82, 2.24) is 10.3 Å². The highest BCUT2D eigenvalue weighted by Crippen LogP contribution is 2.53. The Labute approximate surface area is 250 Å². The van der Waals surface area contributed by atoms with Gasteiger partial charge in [-0.15, -0.1) is 36.2 Å². The molecule has 1 aliphatic carbocycles. The van der Waals surface area contributed by atoms with Gasteiger partial charge in [-0.05, 0) is 84.3 Å². The number of halogens is 3. The van der Waals surface area contributed by atoms with Gasteiger partial charge in [0.05, 0.1) is 11.9 Å². The third-order valence-corrected chi connectivity index (χ3v) is 10.4. The standard InChI is InChI=1S/C28H26ClN3O3S2.2ClH/c29-21-7-5-20(6-8-21)28(13-2-14-28)27-24-17-23(10-4-19(24)12-15-30-27)35-25-11-9-22(18-31-25)32-37(33,34)26-3-1-16-36-26;;/h1,3-11,16-18,27,30,32H,2,12-15H2;2*1H. The molecule has 2 aromatic carbocycles. The van der Waals surface area contributed by atoms with E-state index in [2.05, 4.69) is 39.3 Å². The predicted molar refractivity (Wildman–Crippen MR) is 162 cm³/mol. The van der Waals surface area contributed by atoms with E-state index in [4.69, 9.17) is 16.3 Å². The van der Waals surface area contributed by atoms with Crippen LogP contribution in [-0.4, -0.2) is 19.9 Å². The van der Waals surface area contributed by atoms with Crippen LogP contribution in [0.5, 0.6) is 11.6 Å². The molecule has 0 radical (unpaired) electrons. The second-order valence-corrected chi connectivity index (χ2v) is 12.8.